The first kappa shape index (κ1) is 10.0. The molecular formula is C12H14O3. The average Bonchev–Trinajstić information content (AvgIpc) is 2.17. The number of fused-ring (bicyclic) bond motifs is 1. The van der Waals surface area contributed by atoms with Crippen LogP contribution < -0.4 is 4.74 Å². The van der Waals surface area contributed by atoms with Gasteiger partial charge in [-0.3, -0.25) is 4.79 Å². The molecule has 2 rings (SSSR count). The van der Waals surface area contributed by atoms with E-state index in [4.69, 9.17) is 9.84 Å². The molecule has 80 valence electrons. The lowest BCUT2D eigenvalue weighted by molar-refractivity contribution is -0.146. The summed E-state index contributed by atoms with van der Waals surface area (Å²) in [6.07, 6.45) is 0. The molecule has 1 aliphatic heterocycles. The fourth-order valence-corrected chi connectivity index (χ4v) is 2.07. The number of carbonyl (C=O) groups is 1. The van der Waals surface area contributed by atoms with Crippen LogP contribution in [0.4, 0.5) is 0 Å². The molecule has 0 aromatic heterocycles. The molecule has 1 N–H and O–H groups in total. The molecule has 0 saturated heterocycles. The van der Waals surface area contributed by atoms with Gasteiger partial charge < -0.3 is 9.84 Å². The van der Waals surface area contributed by atoms with Crippen LogP contribution in [0, 0.1) is 5.92 Å². The van der Waals surface area contributed by atoms with Gasteiger partial charge in [-0.15, -0.1) is 0 Å². The third-order valence-corrected chi connectivity index (χ3v) is 3.16. The number of rotatable bonds is 1. The van der Waals surface area contributed by atoms with E-state index >= 15 is 0 Å². The van der Waals surface area contributed by atoms with E-state index in [1.165, 1.54) is 0 Å². The summed E-state index contributed by atoms with van der Waals surface area (Å²) in [7, 11) is 0. The highest BCUT2D eigenvalue weighted by atomic mass is 16.5. The van der Waals surface area contributed by atoms with Gasteiger partial charge in [-0.25, -0.2) is 0 Å². The van der Waals surface area contributed by atoms with Crippen molar-refractivity contribution in [3.05, 3.63) is 29.8 Å². The summed E-state index contributed by atoms with van der Waals surface area (Å²) in [5.74, 6) is -0.470. The monoisotopic (exact) mass is 206 g/mol. The largest absolute Gasteiger partial charge is 0.492 e. The van der Waals surface area contributed by atoms with Gasteiger partial charge in [0.05, 0.1) is 5.92 Å². The second kappa shape index (κ2) is 3.26. The van der Waals surface area contributed by atoms with Crippen molar-refractivity contribution in [3.63, 3.8) is 0 Å². The van der Waals surface area contributed by atoms with Crippen LogP contribution in [0.3, 0.4) is 0 Å². The van der Waals surface area contributed by atoms with E-state index in [0.717, 1.165) is 11.3 Å². The van der Waals surface area contributed by atoms with Gasteiger partial charge in [-0.1, -0.05) is 32.0 Å². The quantitative estimate of drug-likeness (QED) is 0.765. The van der Waals surface area contributed by atoms with Crippen LogP contribution in [0.1, 0.15) is 19.4 Å². The smallest absolute Gasteiger partial charge is 0.310 e. The Morgan fingerprint density at radius 2 is 2.13 bits per heavy atom. The maximum atomic E-state index is 11.1. The lowest BCUT2D eigenvalue weighted by Gasteiger charge is -2.37. The van der Waals surface area contributed by atoms with Crippen molar-refractivity contribution in [3.8, 4) is 5.75 Å². The molecule has 1 aliphatic rings. The highest BCUT2D eigenvalue weighted by Crippen LogP contribution is 2.41. The standard InChI is InChI=1S/C12H14O3/c1-12(2)8-5-3-4-6-10(8)15-7-9(12)11(13)14/h3-6,9H,7H2,1-2H3,(H,13,14). The number of para-hydroxylation sites is 1. The zero-order valence-electron chi connectivity index (χ0n) is 8.86. The molecule has 1 aromatic carbocycles. The minimum absolute atomic E-state index is 0.249. The number of carboxylic acid groups (broad SMARTS) is 1. The number of carboxylic acids is 1. The zero-order valence-corrected chi connectivity index (χ0v) is 8.86. The SMILES string of the molecule is CC1(C)c2ccccc2OCC1C(=O)O. The Bertz CT molecular complexity index is 396. The number of benzene rings is 1. The normalized spacial score (nSPS) is 22.7. The topological polar surface area (TPSA) is 46.5 Å². The molecule has 0 spiro atoms. The molecule has 15 heavy (non-hydrogen) atoms. The van der Waals surface area contributed by atoms with Crippen LogP contribution in [0.25, 0.3) is 0 Å². The Kier molecular flexibility index (Phi) is 2.18. The summed E-state index contributed by atoms with van der Waals surface area (Å²) in [5.41, 5.74) is 0.601. The molecule has 0 radical (unpaired) electrons. The highest BCUT2D eigenvalue weighted by molar-refractivity contribution is 5.73. The summed E-state index contributed by atoms with van der Waals surface area (Å²) in [6, 6.07) is 7.63. The summed E-state index contributed by atoms with van der Waals surface area (Å²) in [5, 5.41) is 9.12. The van der Waals surface area contributed by atoms with Gasteiger partial charge in [-0.05, 0) is 6.07 Å². The van der Waals surface area contributed by atoms with Gasteiger partial charge in [0.25, 0.3) is 0 Å². The van der Waals surface area contributed by atoms with Gasteiger partial charge in [0.2, 0.25) is 0 Å². The molecular weight excluding hydrogens is 192 g/mol. The van der Waals surface area contributed by atoms with E-state index in [0.29, 0.717) is 0 Å². The number of ether oxygens (including phenoxy) is 1. The molecule has 0 bridgehead atoms. The van der Waals surface area contributed by atoms with Crippen LogP contribution in [0.2, 0.25) is 0 Å². The second-order valence-corrected chi connectivity index (χ2v) is 4.42. The summed E-state index contributed by atoms with van der Waals surface area (Å²) in [4.78, 5) is 11.1. The minimum Gasteiger partial charge on any atom is -0.492 e. The summed E-state index contributed by atoms with van der Waals surface area (Å²) >= 11 is 0. The molecule has 0 fully saturated rings. The number of hydrogen-bond acceptors (Lipinski definition) is 2. The van der Waals surface area contributed by atoms with Crippen molar-refractivity contribution in [2.75, 3.05) is 6.61 Å². The molecule has 1 aromatic rings. The molecule has 0 saturated carbocycles. The molecule has 0 aliphatic carbocycles. The lowest BCUT2D eigenvalue weighted by atomic mass is 9.72. The van der Waals surface area contributed by atoms with Crippen LogP contribution in [-0.4, -0.2) is 17.7 Å². The lowest BCUT2D eigenvalue weighted by Crippen LogP contribution is -2.42. The first-order valence-electron chi connectivity index (χ1n) is 4.98. The highest BCUT2D eigenvalue weighted by Gasteiger charge is 2.42. The second-order valence-electron chi connectivity index (χ2n) is 4.42. The van der Waals surface area contributed by atoms with Crippen LogP contribution in [0.15, 0.2) is 24.3 Å². The predicted octanol–water partition coefficient (Wildman–Crippen LogP) is 2.06. The summed E-state index contributed by atoms with van der Waals surface area (Å²) in [6.45, 7) is 4.15. The third-order valence-electron chi connectivity index (χ3n) is 3.16. The number of hydrogen-bond donors (Lipinski definition) is 1. The maximum Gasteiger partial charge on any atom is 0.310 e. The first-order valence-corrected chi connectivity index (χ1v) is 4.98. The third kappa shape index (κ3) is 1.48. The first-order chi connectivity index (χ1) is 7.03. The predicted molar refractivity (Wildman–Crippen MR) is 56.1 cm³/mol. The van der Waals surface area contributed by atoms with E-state index in [1.54, 1.807) is 0 Å². The maximum absolute atomic E-state index is 11.1. The van der Waals surface area contributed by atoms with E-state index in [1.807, 2.05) is 38.1 Å². The molecule has 1 heterocycles. The fraction of sp³-hybridized carbons (Fsp3) is 0.417. The fourth-order valence-electron chi connectivity index (χ4n) is 2.07. The van der Waals surface area contributed by atoms with Crippen molar-refractivity contribution in [1.82, 2.24) is 0 Å². The Hall–Kier alpha value is -1.51. The molecule has 1 atom stereocenters. The molecule has 1 unspecified atom stereocenters. The van der Waals surface area contributed by atoms with E-state index in [-0.39, 0.29) is 12.0 Å². The molecule has 0 amide bonds. The van der Waals surface area contributed by atoms with Crippen molar-refractivity contribution >= 4 is 5.97 Å². The Labute approximate surface area is 88.7 Å². The molecule has 3 heteroatoms. The van der Waals surface area contributed by atoms with Gasteiger partial charge >= 0.3 is 5.97 Å². The number of aliphatic carboxylic acids is 1. The Balaban J connectivity index is 2.49. The van der Waals surface area contributed by atoms with E-state index in [9.17, 15) is 4.79 Å². The van der Waals surface area contributed by atoms with Gasteiger partial charge in [0.15, 0.2) is 0 Å². The van der Waals surface area contributed by atoms with Crippen molar-refractivity contribution in [2.45, 2.75) is 19.3 Å². The van der Waals surface area contributed by atoms with E-state index in [2.05, 4.69) is 0 Å². The van der Waals surface area contributed by atoms with Crippen LogP contribution in [0.5, 0.6) is 5.75 Å². The Morgan fingerprint density at radius 3 is 2.80 bits per heavy atom. The minimum atomic E-state index is -0.797. The molecule has 3 nitrogen and oxygen atoms in total. The zero-order chi connectivity index (χ0) is 11.1. The van der Waals surface area contributed by atoms with Crippen molar-refractivity contribution in [2.24, 2.45) is 5.92 Å². The van der Waals surface area contributed by atoms with Gasteiger partial charge in [0, 0.05) is 11.0 Å². The van der Waals surface area contributed by atoms with E-state index < -0.39 is 11.9 Å². The van der Waals surface area contributed by atoms with Crippen molar-refractivity contribution in [1.29, 1.82) is 0 Å². The van der Waals surface area contributed by atoms with Crippen LogP contribution in [-0.2, 0) is 10.2 Å². The van der Waals surface area contributed by atoms with Crippen molar-refractivity contribution < 1.29 is 14.6 Å². The van der Waals surface area contributed by atoms with Crippen LogP contribution >= 0.6 is 0 Å². The summed E-state index contributed by atoms with van der Waals surface area (Å²) < 4.78 is 5.45. The van der Waals surface area contributed by atoms with Gasteiger partial charge in [-0.2, -0.15) is 0 Å². The van der Waals surface area contributed by atoms with Gasteiger partial charge in [0.1, 0.15) is 12.4 Å². The average molecular weight is 206 g/mol. The Morgan fingerprint density at radius 1 is 1.47 bits per heavy atom.